The number of hydrogen-bond donors (Lipinski definition) is 0. The van der Waals surface area contributed by atoms with Crippen molar-refractivity contribution in [2.45, 2.75) is 18.7 Å². The molecule has 2 aromatic carbocycles. The predicted molar refractivity (Wildman–Crippen MR) is 103 cm³/mol. The molecule has 8 heteroatoms. The van der Waals surface area contributed by atoms with Gasteiger partial charge in [-0.05, 0) is 55.4 Å². The first-order chi connectivity index (χ1) is 12.8. The lowest BCUT2D eigenvalue weighted by Crippen LogP contribution is -2.26. The summed E-state index contributed by atoms with van der Waals surface area (Å²) in [5.74, 6) is 1.64. The average Bonchev–Trinajstić information content (AvgIpc) is 2.79. The van der Waals surface area contributed by atoms with Gasteiger partial charge in [0.05, 0.1) is 19.8 Å². The summed E-state index contributed by atoms with van der Waals surface area (Å²) < 4.78 is 55.1. The molecule has 0 fully saturated rings. The number of benzene rings is 2. The van der Waals surface area contributed by atoms with E-state index in [9.17, 15) is 13.2 Å². The Morgan fingerprint density at radius 2 is 1.61 bits per heavy atom. The Kier molecular flexibility index (Phi) is 7.06. The minimum absolute atomic E-state index is 0. The zero-order valence-electron chi connectivity index (χ0n) is 15.9. The molecule has 28 heavy (non-hydrogen) atoms. The first-order valence-corrected chi connectivity index (χ1v) is 8.59. The molecule has 1 atom stereocenters. The highest BCUT2D eigenvalue weighted by atomic mass is 35.5. The lowest BCUT2D eigenvalue weighted by Gasteiger charge is -2.24. The van der Waals surface area contributed by atoms with Gasteiger partial charge in [-0.2, -0.15) is 13.2 Å². The summed E-state index contributed by atoms with van der Waals surface area (Å²) in [4.78, 5) is 2.13. The monoisotopic (exact) mass is 417 g/mol. The Bertz CT molecular complexity index is 797. The first kappa shape index (κ1) is 22.2. The van der Waals surface area contributed by atoms with Crippen molar-refractivity contribution < 1.29 is 27.4 Å². The summed E-state index contributed by atoms with van der Waals surface area (Å²) >= 11 is 0. The molecule has 1 unspecified atom stereocenters. The van der Waals surface area contributed by atoms with Crippen molar-refractivity contribution in [3.8, 4) is 17.2 Å². The van der Waals surface area contributed by atoms with Crippen molar-refractivity contribution >= 4 is 12.4 Å². The van der Waals surface area contributed by atoms with Crippen LogP contribution in [0.25, 0.3) is 0 Å². The van der Waals surface area contributed by atoms with Gasteiger partial charge in [-0.3, -0.25) is 0 Å². The maximum absolute atomic E-state index is 12.8. The van der Waals surface area contributed by atoms with Gasteiger partial charge in [0.2, 0.25) is 0 Å². The third kappa shape index (κ3) is 4.83. The number of ether oxygens (including phenoxy) is 3. The highest BCUT2D eigenvalue weighted by molar-refractivity contribution is 5.85. The minimum atomic E-state index is -4.36. The number of nitrogens with zero attached hydrogens (tertiary/aromatic N) is 1. The predicted octanol–water partition coefficient (Wildman–Crippen LogP) is 4.75. The standard InChI is InChI=1S/C20H22F3NO3.ClH/c1-24-9-8-13-10-17(25-2)18(26-3)11-16(13)19(12-24)27-15-6-4-14(5-7-15)20(21,22)23;/h4-7,10-11,19H,8-9,12H2,1-3H3;1H. The van der Waals surface area contributed by atoms with Gasteiger partial charge in [0.1, 0.15) is 11.9 Å². The largest absolute Gasteiger partial charge is 0.493 e. The molecule has 0 radical (unpaired) electrons. The Labute approximate surface area is 168 Å². The summed E-state index contributed by atoms with van der Waals surface area (Å²) in [5.41, 5.74) is 1.34. The molecule has 0 amide bonds. The number of hydrogen-bond acceptors (Lipinski definition) is 4. The molecule has 0 saturated heterocycles. The quantitative estimate of drug-likeness (QED) is 0.718. The van der Waals surface area contributed by atoms with Gasteiger partial charge in [0.25, 0.3) is 0 Å². The van der Waals surface area contributed by atoms with E-state index in [1.807, 2.05) is 19.2 Å². The lowest BCUT2D eigenvalue weighted by molar-refractivity contribution is -0.137. The Hall–Kier alpha value is -2.12. The van der Waals surface area contributed by atoms with Crippen LogP contribution in [0.1, 0.15) is 22.8 Å². The third-order valence-corrected chi connectivity index (χ3v) is 4.69. The molecule has 0 spiro atoms. The molecule has 1 aliphatic rings. The number of halogens is 4. The summed E-state index contributed by atoms with van der Waals surface area (Å²) in [7, 11) is 5.14. The molecule has 4 nitrogen and oxygen atoms in total. The molecule has 0 aliphatic carbocycles. The van der Waals surface area contributed by atoms with E-state index in [4.69, 9.17) is 14.2 Å². The topological polar surface area (TPSA) is 30.9 Å². The van der Waals surface area contributed by atoms with E-state index in [0.717, 1.165) is 36.2 Å². The Morgan fingerprint density at radius 1 is 1.00 bits per heavy atom. The summed E-state index contributed by atoms with van der Waals surface area (Å²) in [5, 5.41) is 0. The van der Waals surface area contributed by atoms with Crippen molar-refractivity contribution in [1.29, 1.82) is 0 Å². The second-order valence-electron chi connectivity index (χ2n) is 6.55. The fourth-order valence-electron chi connectivity index (χ4n) is 3.22. The maximum Gasteiger partial charge on any atom is 0.416 e. The lowest BCUT2D eigenvalue weighted by atomic mass is 10.00. The summed E-state index contributed by atoms with van der Waals surface area (Å²) in [6.45, 7) is 1.46. The molecule has 0 bridgehead atoms. The maximum atomic E-state index is 12.8. The SMILES string of the molecule is COc1cc2c(cc1OC)C(Oc1ccc(C(F)(F)F)cc1)CN(C)CC2.Cl. The molecule has 1 heterocycles. The van der Waals surface area contributed by atoms with Gasteiger partial charge in [0.15, 0.2) is 11.5 Å². The molecule has 0 saturated carbocycles. The second kappa shape index (κ2) is 8.92. The van der Waals surface area contributed by atoms with Gasteiger partial charge in [-0.25, -0.2) is 0 Å². The molecule has 154 valence electrons. The molecule has 2 aromatic rings. The van der Waals surface area contributed by atoms with Crippen LogP contribution in [0, 0.1) is 0 Å². The van der Waals surface area contributed by atoms with Gasteiger partial charge in [-0.15, -0.1) is 12.4 Å². The van der Waals surface area contributed by atoms with Crippen molar-refractivity contribution in [2.24, 2.45) is 0 Å². The van der Waals surface area contributed by atoms with Gasteiger partial charge >= 0.3 is 6.18 Å². The van der Waals surface area contributed by atoms with E-state index in [2.05, 4.69) is 4.90 Å². The number of alkyl halides is 3. The van der Waals surface area contributed by atoms with Crippen LogP contribution >= 0.6 is 12.4 Å². The normalized spacial score (nSPS) is 17.1. The molecular formula is C20H23ClF3NO3. The van der Waals surface area contributed by atoms with Crippen LogP contribution in [0.5, 0.6) is 17.2 Å². The fourth-order valence-corrected chi connectivity index (χ4v) is 3.22. The Balaban J connectivity index is 0.00000280. The number of fused-ring (bicyclic) bond motifs is 1. The zero-order valence-corrected chi connectivity index (χ0v) is 16.7. The minimum Gasteiger partial charge on any atom is -0.493 e. The van der Waals surface area contributed by atoms with Gasteiger partial charge in [0, 0.05) is 18.7 Å². The van der Waals surface area contributed by atoms with E-state index in [1.165, 1.54) is 12.1 Å². The van der Waals surface area contributed by atoms with Crippen LogP contribution < -0.4 is 14.2 Å². The fraction of sp³-hybridized carbons (Fsp3) is 0.400. The second-order valence-corrected chi connectivity index (χ2v) is 6.55. The van der Waals surface area contributed by atoms with Crippen LogP contribution in [0.3, 0.4) is 0 Å². The molecule has 1 aliphatic heterocycles. The number of rotatable bonds is 4. The molecular weight excluding hydrogens is 395 g/mol. The van der Waals surface area contributed by atoms with Crippen LogP contribution in [0.2, 0.25) is 0 Å². The average molecular weight is 418 g/mol. The zero-order chi connectivity index (χ0) is 19.6. The highest BCUT2D eigenvalue weighted by Crippen LogP contribution is 2.37. The van der Waals surface area contributed by atoms with Crippen LogP contribution in [-0.4, -0.2) is 39.3 Å². The van der Waals surface area contributed by atoms with E-state index >= 15 is 0 Å². The van der Waals surface area contributed by atoms with Gasteiger partial charge < -0.3 is 19.1 Å². The van der Waals surface area contributed by atoms with Crippen LogP contribution in [0.15, 0.2) is 36.4 Å². The van der Waals surface area contributed by atoms with Crippen LogP contribution in [-0.2, 0) is 12.6 Å². The van der Waals surface area contributed by atoms with E-state index < -0.39 is 11.7 Å². The third-order valence-electron chi connectivity index (χ3n) is 4.69. The van der Waals surface area contributed by atoms with E-state index in [1.54, 1.807) is 14.2 Å². The molecule has 3 rings (SSSR count). The van der Waals surface area contributed by atoms with E-state index in [-0.39, 0.29) is 18.5 Å². The van der Waals surface area contributed by atoms with Crippen molar-refractivity contribution in [3.63, 3.8) is 0 Å². The summed E-state index contributed by atoms with van der Waals surface area (Å²) in [6.07, 6.45) is -3.87. The number of methoxy groups -OCH3 is 2. The molecule has 0 aromatic heterocycles. The van der Waals surface area contributed by atoms with Gasteiger partial charge in [-0.1, -0.05) is 0 Å². The smallest absolute Gasteiger partial charge is 0.416 e. The Morgan fingerprint density at radius 3 is 2.18 bits per heavy atom. The highest BCUT2D eigenvalue weighted by Gasteiger charge is 2.30. The van der Waals surface area contributed by atoms with Crippen LogP contribution in [0.4, 0.5) is 13.2 Å². The van der Waals surface area contributed by atoms with E-state index in [0.29, 0.717) is 23.8 Å². The molecule has 0 N–H and O–H groups in total. The number of likely N-dealkylation sites (N-methyl/N-ethyl adjacent to an activating group) is 1. The van der Waals surface area contributed by atoms with Crippen molar-refractivity contribution in [3.05, 3.63) is 53.1 Å². The summed E-state index contributed by atoms with van der Waals surface area (Å²) in [6, 6.07) is 8.61. The van der Waals surface area contributed by atoms with Crippen molar-refractivity contribution in [2.75, 3.05) is 34.4 Å². The van der Waals surface area contributed by atoms with Crippen molar-refractivity contribution in [1.82, 2.24) is 4.90 Å². The first-order valence-electron chi connectivity index (χ1n) is 8.59.